The molecule has 0 aliphatic carbocycles. The molecule has 1 aliphatic heterocycles. The Morgan fingerprint density at radius 1 is 1.29 bits per heavy atom. The molecule has 0 radical (unpaired) electrons. The fourth-order valence-corrected chi connectivity index (χ4v) is 3.70. The zero-order valence-electron chi connectivity index (χ0n) is 14.3. The number of halogens is 1. The minimum Gasteiger partial charge on any atom is -0.493 e. The van der Waals surface area contributed by atoms with Crippen LogP contribution in [0.1, 0.15) is 34.1 Å². The van der Waals surface area contributed by atoms with Crippen LogP contribution in [0.3, 0.4) is 0 Å². The lowest BCUT2D eigenvalue weighted by molar-refractivity contribution is 0.165. The van der Waals surface area contributed by atoms with Crippen molar-refractivity contribution in [3.63, 3.8) is 0 Å². The van der Waals surface area contributed by atoms with Crippen molar-refractivity contribution in [3.05, 3.63) is 33.3 Å². The van der Waals surface area contributed by atoms with Gasteiger partial charge in [0, 0.05) is 17.5 Å². The highest BCUT2D eigenvalue weighted by Crippen LogP contribution is 2.40. The SMILES string of the molecule is COc1cc(CNC(C)c2sc(C)nc2C)cc2c1OCCO2.Cl. The number of aromatic nitrogens is 1. The minimum atomic E-state index is 0. The van der Waals surface area contributed by atoms with Crippen molar-refractivity contribution >= 4 is 23.7 Å². The van der Waals surface area contributed by atoms with Crippen LogP contribution >= 0.6 is 23.7 Å². The molecule has 2 aromatic rings. The summed E-state index contributed by atoms with van der Waals surface area (Å²) in [6.45, 7) is 8.12. The first-order valence-corrected chi connectivity index (χ1v) is 8.54. The summed E-state index contributed by atoms with van der Waals surface area (Å²) in [6, 6.07) is 4.26. The Bertz CT molecular complexity index is 688. The van der Waals surface area contributed by atoms with Crippen molar-refractivity contribution in [1.82, 2.24) is 10.3 Å². The Hall–Kier alpha value is -1.50. The van der Waals surface area contributed by atoms with E-state index in [2.05, 4.69) is 24.1 Å². The van der Waals surface area contributed by atoms with Gasteiger partial charge in [-0.05, 0) is 38.5 Å². The average molecular weight is 371 g/mol. The third-order valence-corrected chi connectivity index (χ3v) is 5.09. The predicted molar refractivity (Wildman–Crippen MR) is 98.1 cm³/mol. The molecule has 0 fully saturated rings. The van der Waals surface area contributed by atoms with Gasteiger partial charge < -0.3 is 19.5 Å². The monoisotopic (exact) mass is 370 g/mol. The van der Waals surface area contributed by atoms with Gasteiger partial charge in [-0.25, -0.2) is 4.98 Å². The molecule has 0 saturated carbocycles. The summed E-state index contributed by atoms with van der Waals surface area (Å²) in [7, 11) is 1.65. The van der Waals surface area contributed by atoms with Gasteiger partial charge in [0.2, 0.25) is 5.75 Å². The van der Waals surface area contributed by atoms with E-state index < -0.39 is 0 Å². The molecule has 5 nitrogen and oxygen atoms in total. The molecule has 1 aromatic carbocycles. The maximum atomic E-state index is 5.68. The highest BCUT2D eigenvalue weighted by molar-refractivity contribution is 7.11. The molecule has 1 unspecified atom stereocenters. The number of hydrogen-bond donors (Lipinski definition) is 1. The summed E-state index contributed by atoms with van der Waals surface area (Å²) < 4.78 is 16.7. The molecule has 3 rings (SSSR count). The summed E-state index contributed by atoms with van der Waals surface area (Å²) in [5, 5.41) is 4.65. The van der Waals surface area contributed by atoms with Gasteiger partial charge in [-0.15, -0.1) is 23.7 Å². The summed E-state index contributed by atoms with van der Waals surface area (Å²) in [6.07, 6.45) is 0. The highest BCUT2D eigenvalue weighted by Gasteiger charge is 2.19. The maximum absolute atomic E-state index is 5.68. The van der Waals surface area contributed by atoms with Gasteiger partial charge in [0.1, 0.15) is 13.2 Å². The number of methoxy groups -OCH3 is 1. The second kappa shape index (κ2) is 8.05. The first kappa shape index (κ1) is 18.8. The molecule has 1 aromatic heterocycles. The topological polar surface area (TPSA) is 52.6 Å². The van der Waals surface area contributed by atoms with E-state index >= 15 is 0 Å². The van der Waals surface area contributed by atoms with E-state index in [1.54, 1.807) is 18.4 Å². The number of aryl methyl sites for hydroxylation is 2. The second-order valence-electron chi connectivity index (χ2n) is 5.61. The first-order valence-electron chi connectivity index (χ1n) is 7.72. The predicted octanol–water partition coefficient (Wildman–Crippen LogP) is 3.81. The molecular formula is C17H23ClN2O3S. The van der Waals surface area contributed by atoms with E-state index in [1.165, 1.54) is 4.88 Å². The zero-order valence-corrected chi connectivity index (χ0v) is 16.0. The standard InChI is InChI=1S/C17H22N2O3S.ClH/c1-10(17-11(2)19-12(3)23-17)18-9-13-7-14(20-4)16-15(8-13)21-5-6-22-16;/h7-8,10,18H,5-6,9H2,1-4H3;1H. The van der Waals surface area contributed by atoms with E-state index in [0.29, 0.717) is 19.0 Å². The fraction of sp³-hybridized carbons (Fsp3) is 0.471. The van der Waals surface area contributed by atoms with Crippen LogP contribution in [-0.2, 0) is 6.54 Å². The maximum Gasteiger partial charge on any atom is 0.203 e. The van der Waals surface area contributed by atoms with Crippen molar-refractivity contribution in [1.29, 1.82) is 0 Å². The summed E-state index contributed by atoms with van der Waals surface area (Å²) in [5.41, 5.74) is 2.21. The smallest absolute Gasteiger partial charge is 0.203 e. The largest absolute Gasteiger partial charge is 0.493 e. The van der Waals surface area contributed by atoms with Gasteiger partial charge >= 0.3 is 0 Å². The van der Waals surface area contributed by atoms with Gasteiger partial charge in [-0.3, -0.25) is 0 Å². The highest BCUT2D eigenvalue weighted by atomic mass is 35.5. The van der Waals surface area contributed by atoms with Crippen LogP contribution in [0.5, 0.6) is 17.2 Å². The van der Waals surface area contributed by atoms with E-state index in [1.807, 2.05) is 19.1 Å². The quantitative estimate of drug-likeness (QED) is 0.867. The summed E-state index contributed by atoms with van der Waals surface area (Å²) in [4.78, 5) is 5.78. The second-order valence-corrected chi connectivity index (χ2v) is 6.84. The first-order chi connectivity index (χ1) is 11.1. The van der Waals surface area contributed by atoms with E-state index in [-0.39, 0.29) is 18.4 Å². The van der Waals surface area contributed by atoms with Crippen LogP contribution < -0.4 is 19.5 Å². The molecule has 1 atom stereocenters. The van der Waals surface area contributed by atoms with Crippen molar-refractivity contribution in [3.8, 4) is 17.2 Å². The molecule has 0 spiro atoms. The number of thiazole rings is 1. The number of fused-ring (bicyclic) bond motifs is 1. The number of ether oxygens (including phenoxy) is 3. The Labute approximate surface area is 152 Å². The van der Waals surface area contributed by atoms with Crippen molar-refractivity contribution in [2.24, 2.45) is 0 Å². The lowest BCUT2D eigenvalue weighted by Crippen LogP contribution is -2.19. The molecular weight excluding hydrogens is 348 g/mol. The van der Waals surface area contributed by atoms with E-state index in [4.69, 9.17) is 14.2 Å². The summed E-state index contributed by atoms with van der Waals surface area (Å²) in [5.74, 6) is 2.17. The molecule has 132 valence electrons. The molecule has 2 heterocycles. The Morgan fingerprint density at radius 2 is 2.04 bits per heavy atom. The van der Waals surface area contributed by atoms with Gasteiger partial charge in [0.25, 0.3) is 0 Å². The third kappa shape index (κ3) is 3.94. The number of nitrogens with one attached hydrogen (secondary N) is 1. The number of nitrogens with zero attached hydrogens (tertiary/aromatic N) is 1. The lowest BCUT2D eigenvalue weighted by Gasteiger charge is -2.22. The van der Waals surface area contributed by atoms with Crippen LogP contribution in [0.15, 0.2) is 12.1 Å². The van der Waals surface area contributed by atoms with Gasteiger partial charge in [0.05, 0.1) is 17.8 Å². The van der Waals surface area contributed by atoms with Gasteiger partial charge in [0.15, 0.2) is 11.5 Å². The fourth-order valence-electron chi connectivity index (χ4n) is 2.74. The molecule has 24 heavy (non-hydrogen) atoms. The van der Waals surface area contributed by atoms with Crippen LogP contribution in [0.25, 0.3) is 0 Å². The number of rotatable bonds is 5. The molecule has 1 N–H and O–H groups in total. The zero-order chi connectivity index (χ0) is 16.4. The van der Waals surface area contributed by atoms with Crippen molar-refractivity contribution in [2.45, 2.75) is 33.4 Å². The van der Waals surface area contributed by atoms with Crippen LogP contribution in [0, 0.1) is 13.8 Å². The normalized spacial score (nSPS) is 14.0. The average Bonchev–Trinajstić information content (AvgIpc) is 2.90. The molecule has 0 amide bonds. The molecule has 0 saturated heterocycles. The van der Waals surface area contributed by atoms with Crippen molar-refractivity contribution < 1.29 is 14.2 Å². The van der Waals surface area contributed by atoms with Crippen molar-refractivity contribution in [2.75, 3.05) is 20.3 Å². The molecule has 7 heteroatoms. The van der Waals surface area contributed by atoms with Crippen LogP contribution in [0.2, 0.25) is 0 Å². The minimum absolute atomic E-state index is 0. The van der Waals surface area contributed by atoms with E-state index in [9.17, 15) is 0 Å². The Balaban J connectivity index is 0.00000208. The van der Waals surface area contributed by atoms with Gasteiger partial charge in [-0.1, -0.05) is 0 Å². The molecule has 1 aliphatic rings. The van der Waals surface area contributed by atoms with E-state index in [0.717, 1.165) is 34.3 Å². The Kier molecular flexibility index (Phi) is 6.32. The third-order valence-electron chi connectivity index (χ3n) is 3.83. The lowest BCUT2D eigenvalue weighted by atomic mass is 10.1. The molecule has 0 bridgehead atoms. The number of benzene rings is 1. The van der Waals surface area contributed by atoms with Crippen LogP contribution in [-0.4, -0.2) is 25.3 Å². The van der Waals surface area contributed by atoms with Gasteiger partial charge in [-0.2, -0.15) is 0 Å². The number of hydrogen-bond acceptors (Lipinski definition) is 6. The Morgan fingerprint density at radius 3 is 2.71 bits per heavy atom. The van der Waals surface area contributed by atoms with Crippen LogP contribution in [0.4, 0.5) is 0 Å². The summed E-state index contributed by atoms with van der Waals surface area (Å²) >= 11 is 1.75.